The predicted octanol–water partition coefficient (Wildman–Crippen LogP) is 0.951. The van der Waals surface area contributed by atoms with Crippen LogP contribution in [0.15, 0.2) is 0 Å². The van der Waals surface area contributed by atoms with Gasteiger partial charge >= 0.3 is 6.03 Å². The van der Waals surface area contributed by atoms with E-state index in [1.807, 2.05) is 13.8 Å². The summed E-state index contributed by atoms with van der Waals surface area (Å²) in [5, 5.41) is 11.5. The van der Waals surface area contributed by atoms with Gasteiger partial charge in [-0.15, -0.1) is 0 Å². The molecule has 1 aliphatic heterocycles. The quantitative estimate of drug-likeness (QED) is 0.704. The molecule has 1 N–H and O–H groups in total. The zero-order valence-corrected chi connectivity index (χ0v) is 8.13. The molecule has 1 rings (SSSR count). The van der Waals surface area contributed by atoms with E-state index < -0.39 is 0 Å². The van der Waals surface area contributed by atoms with Crippen molar-refractivity contribution in [3.8, 4) is 6.07 Å². The monoisotopic (exact) mass is 181 g/mol. The highest BCUT2D eigenvalue weighted by Gasteiger charge is 2.23. The van der Waals surface area contributed by atoms with E-state index in [-0.39, 0.29) is 11.4 Å². The summed E-state index contributed by atoms with van der Waals surface area (Å²) >= 11 is 0. The van der Waals surface area contributed by atoms with Crippen LogP contribution in [0.5, 0.6) is 0 Å². The fraction of sp³-hybridized carbons (Fsp3) is 0.778. The number of nitriles is 1. The van der Waals surface area contributed by atoms with E-state index in [1.165, 1.54) is 0 Å². The third kappa shape index (κ3) is 2.62. The Morgan fingerprint density at radius 1 is 1.69 bits per heavy atom. The molecule has 0 aromatic heterocycles. The van der Waals surface area contributed by atoms with Crippen molar-refractivity contribution < 1.29 is 4.79 Å². The van der Waals surface area contributed by atoms with Gasteiger partial charge in [0, 0.05) is 19.6 Å². The van der Waals surface area contributed by atoms with Crippen LogP contribution in [-0.2, 0) is 0 Å². The van der Waals surface area contributed by atoms with E-state index >= 15 is 0 Å². The van der Waals surface area contributed by atoms with Crippen LogP contribution in [0, 0.1) is 16.7 Å². The molecule has 4 heteroatoms. The minimum absolute atomic E-state index is 0.00580. The first-order chi connectivity index (χ1) is 6.05. The maximum atomic E-state index is 11.1. The topological polar surface area (TPSA) is 56.1 Å². The SMILES string of the molecule is CC(C)(C#N)CCN1CCNC1=O. The Morgan fingerprint density at radius 3 is 2.85 bits per heavy atom. The number of hydrogen-bond acceptors (Lipinski definition) is 2. The molecular weight excluding hydrogens is 166 g/mol. The smallest absolute Gasteiger partial charge is 0.317 e. The molecule has 0 spiro atoms. The van der Waals surface area contributed by atoms with Gasteiger partial charge in [0.25, 0.3) is 0 Å². The number of carbonyl (C=O) groups is 1. The van der Waals surface area contributed by atoms with Gasteiger partial charge in [-0.2, -0.15) is 5.26 Å². The zero-order chi connectivity index (χ0) is 9.90. The molecule has 1 heterocycles. The molecule has 1 fully saturated rings. The molecule has 72 valence electrons. The van der Waals surface area contributed by atoms with Crippen molar-refractivity contribution >= 4 is 6.03 Å². The van der Waals surface area contributed by atoms with E-state index in [2.05, 4.69) is 11.4 Å². The average Bonchev–Trinajstić information content (AvgIpc) is 2.48. The molecule has 1 aliphatic rings. The molecule has 0 unspecified atom stereocenters. The Labute approximate surface area is 78.5 Å². The Bertz CT molecular complexity index is 242. The van der Waals surface area contributed by atoms with Crippen LogP contribution < -0.4 is 5.32 Å². The normalized spacial score (nSPS) is 17.0. The van der Waals surface area contributed by atoms with Gasteiger partial charge in [-0.3, -0.25) is 0 Å². The molecule has 1 saturated heterocycles. The maximum Gasteiger partial charge on any atom is 0.317 e. The van der Waals surface area contributed by atoms with Crippen molar-refractivity contribution in [3.05, 3.63) is 0 Å². The minimum Gasteiger partial charge on any atom is -0.336 e. The number of hydrogen-bond donors (Lipinski definition) is 1. The van der Waals surface area contributed by atoms with Crippen LogP contribution in [0.3, 0.4) is 0 Å². The molecule has 0 atom stereocenters. The second kappa shape index (κ2) is 3.65. The first-order valence-electron chi connectivity index (χ1n) is 4.49. The molecule has 2 amide bonds. The minimum atomic E-state index is -0.330. The Morgan fingerprint density at radius 2 is 2.38 bits per heavy atom. The van der Waals surface area contributed by atoms with E-state index in [0.717, 1.165) is 19.5 Å². The van der Waals surface area contributed by atoms with Gasteiger partial charge < -0.3 is 10.2 Å². The lowest BCUT2D eigenvalue weighted by molar-refractivity contribution is 0.212. The summed E-state index contributed by atoms with van der Waals surface area (Å²) in [6, 6.07) is 2.22. The lowest BCUT2D eigenvalue weighted by Gasteiger charge is -2.19. The van der Waals surface area contributed by atoms with Crippen molar-refractivity contribution in [3.63, 3.8) is 0 Å². The van der Waals surface area contributed by atoms with Crippen LogP contribution in [-0.4, -0.2) is 30.6 Å². The molecule has 4 nitrogen and oxygen atoms in total. The molecule has 0 aromatic carbocycles. The lowest BCUT2D eigenvalue weighted by atomic mass is 9.91. The largest absolute Gasteiger partial charge is 0.336 e. The molecule has 0 saturated carbocycles. The van der Waals surface area contributed by atoms with Gasteiger partial charge in [0.15, 0.2) is 0 Å². The van der Waals surface area contributed by atoms with Crippen molar-refractivity contribution in [1.82, 2.24) is 10.2 Å². The Balaban J connectivity index is 2.35. The highest BCUT2D eigenvalue weighted by molar-refractivity contribution is 5.76. The molecular formula is C9H15N3O. The van der Waals surface area contributed by atoms with Gasteiger partial charge in [-0.05, 0) is 20.3 Å². The maximum absolute atomic E-state index is 11.1. The summed E-state index contributed by atoms with van der Waals surface area (Å²) in [4.78, 5) is 12.9. The second-order valence-electron chi connectivity index (χ2n) is 3.96. The van der Waals surface area contributed by atoms with E-state index in [9.17, 15) is 4.79 Å². The first-order valence-corrected chi connectivity index (χ1v) is 4.49. The summed E-state index contributed by atoms with van der Waals surface area (Å²) in [5.74, 6) is 0. The van der Waals surface area contributed by atoms with Gasteiger partial charge in [0.1, 0.15) is 0 Å². The van der Waals surface area contributed by atoms with E-state index in [0.29, 0.717) is 6.54 Å². The Kier molecular flexibility index (Phi) is 2.76. The van der Waals surface area contributed by atoms with Crippen LogP contribution in [0.4, 0.5) is 4.79 Å². The molecule has 13 heavy (non-hydrogen) atoms. The van der Waals surface area contributed by atoms with Gasteiger partial charge in [-0.25, -0.2) is 4.79 Å². The lowest BCUT2D eigenvalue weighted by Crippen LogP contribution is -2.31. The first kappa shape index (κ1) is 9.85. The molecule has 0 radical (unpaired) electrons. The third-order valence-electron chi connectivity index (χ3n) is 2.25. The number of amides is 2. The van der Waals surface area contributed by atoms with Crippen LogP contribution >= 0.6 is 0 Å². The van der Waals surface area contributed by atoms with E-state index in [4.69, 9.17) is 5.26 Å². The van der Waals surface area contributed by atoms with Crippen LogP contribution in [0.25, 0.3) is 0 Å². The fourth-order valence-electron chi connectivity index (χ4n) is 1.19. The standard InChI is InChI=1S/C9H15N3O/c1-9(2,7-10)3-5-12-6-4-11-8(12)13/h3-6H2,1-2H3,(H,11,13). The second-order valence-corrected chi connectivity index (χ2v) is 3.96. The summed E-state index contributed by atoms with van der Waals surface area (Å²) in [6.07, 6.45) is 0.733. The summed E-state index contributed by atoms with van der Waals surface area (Å²) in [5.41, 5.74) is -0.330. The van der Waals surface area contributed by atoms with E-state index in [1.54, 1.807) is 4.90 Å². The summed E-state index contributed by atoms with van der Waals surface area (Å²) in [6.45, 7) is 5.94. The zero-order valence-electron chi connectivity index (χ0n) is 8.13. The van der Waals surface area contributed by atoms with Crippen LogP contribution in [0.2, 0.25) is 0 Å². The van der Waals surface area contributed by atoms with Crippen molar-refractivity contribution in [2.75, 3.05) is 19.6 Å². The number of urea groups is 1. The molecule has 0 aromatic rings. The van der Waals surface area contributed by atoms with Crippen molar-refractivity contribution in [1.29, 1.82) is 5.26 Å². The van der Waals surface area contributed by atoms with Crippen molar-refractivity contribution in [2.24, 2.45) is 5.41 Å². The van der Waals surface area contributed by atoms with Gasteiger partial charge in [-0.1, -0.05) is 0 Å². The number of carbonyl (C=O) groups excluding carboxylic acids is 1. The fourth-order valence-corrected chi connectivity index (χ4v) is 1.19. The molecule has 0 bridgehead atoms. The number of rotatable bonds is 3. The predicted molar refractivity (Wildman–Crippen MR) is 49.0 cm³/mol. The van der Waals surface area contributed by atoms with Crippen LogP contribution in [0.1, 0.15) is 20.3 Å². The Hall–Kier alpha value is -1.24. The average molecular weight is 181 g/mol. The highest BCUT2D eigenvalue weighted by Crippen LogP contribution is 2.19. The summed E-state index contributed by atoms with van der Waals surface area (Å²) < 4.78 is 0. The van der Waals surface area contributed by atoms with Crippen molar-refractivity contribution in [2.45, 2.75) is 20.3 Å². The number of nitrogens with zero attached hydrogens (tertiary/aromatic N) is 2. The van der Waals surface area contributed by atoms with Gasteiger partial charge in [0.2, 0.25) is 0 Å². The summed E-state index contributed by atoms with van der Waals surface area (Å²) in [7, 11) is 0. The number of nitrogens with one attached hydrogen (secondary N) is 1. The van der Waals surface area contributed by atoms with Gasteiger partial charge in [0.05, 0.1) is 11.5 Å². The third-order valence-corrected chi connectivity index (χ3v) is 2.25. The highest BCUT2D eigenvalue weighted by atomic mass is 16.2. The molecule has 0 aliphatic carbocycles.